The van der Waals surface area contributed by atoms with Crippen molar-refractivity contribution < 1.29 is 19.1 Å². The number of amides is 2. The molecule has 5 rings (SSSR count). The quantitative estimate of drug-likeness (QED) is 0.448. The van der Waals surface area contributed by atoms with Crippen LogP contribution in [0.4, 0.5) is 4.39 Å². The number of aliphatic hydroxyl groups is 1. The van der Waals surface area contributed by atoms with E-state index in [0.29, 0.717) is 54.8 Å². The Morgan fingerprint density at radius 2 is 1.52 bits per heavy atom. The fraction of sp³-hybridized carbons (Fsp3) is 0.533. The molecule has 0 bridgehead atoms. The normalized spacial score (nSPS) is 23.8. The van der Waals surface area contributed by atoms with Gasteiger partial charge in [0.25, 0.3) is 5.91 Å². The van der Waals surface area contributed by atoms with E-state index >= 15 is 0 Å². The van der Waals surface area contributed by atoms with Crippen LogP contribution in [0.3, 0.4) is 0 Å². The number of alkyl halides is 1. The Balaban J connectivity index is 0.00000370. The second-order valence-electron chi connectivity index (χ2n) is 11.0. The smallest absolute Gasteiger partial charge is 0.253 e. The molecule has 1 N–H and O–H groups in total. The van der Waals surface area contributed by atoms with Gasteiger partial charge in [-0.05, 0) is 79.5 Å². The minimum atomic E-state index is -0.366. The molecule has 2 aliphatic heterocycles. The highest BCUT2D eigenvalue weighted by Gasteiger charge is 2.37. The minimum Gasteiger partial charge on any atom is -0.393 e. The van der Waals surface area contributed by atoms with Gasteiger partial charge in [-0.3, -0.25) is 14.5 Å². The van der Waals surface area contributed by atoms with Gasteiger partial charge in [-0.1, -0.05) is 35.3 Å². The third-order valence-electron chi connectivity index (χ3n) is 8.57. The molecular formula is C30H37Cl3FN3O3. The van der Waals surface area contributed by atoms with Crippen LogP contribution in [0.1, 0.15) is 48.0 Å². The first-order valence-corrected chi connectivity index (χ1v) is 14.7. The number of aliphatic hydroxyl groups excluding tert-OH is 1. The Morgan fingerprint density at radius 3 is 2.12 bits per heavy atom. The van der Waals surface area contributed by atoms with Gasteiger partial charge in [0.05, 0.1) is 6.10 Å². The first-order chi connectivity index (χ1) is 18.8. The molecule has 6 nitrogen and oxygen atoms in total. The van der Waals surface area contributed by atoms with Crippen molar-refractivity contribution in [3.05, 3.63) is 57.6 Å². The van der Waals surface area contributed by atoms with Gasteiger partial charge in [0, 0.05) is 66.8 Å². The van der Waals surface area contributed by atoms with Crippen molar-refractivity contribution in [3.8, 4) is 11.1 Å². The number of piperazine rings is 1. The summed E-state index contributed by atoms with van der Waals surface area (Å²) in [5.74, 6) is 0.00561. The molecule has 2 saturated heterocycles. The molecule has 0 radical (unpaired) electrons. The molecule has 2 aromatic rings. The summed E-state index contributed by atoms with van der Waals surface area (Å²) < 4.78 is 12.6. The van der Waals surface area contributed by atoms with E-state index in [9.17, 15) is 19.1 Å². The lowest BCUT2D eigenvalue weighted by atomic mass is 9.92. The summed E-state index contributed by atoms with van der Waals surface area (Å²) in [4.78, 5) is 32.0. The van der Waals surface area contributed by atoms with Gasteiger partial charge in [0.2, 0.25) is 5.91 Å². The SMILES string of the molecule is Cl.O=C(c1ccc(-c2cc(Cl)c(C[C@@H]3CCN([C@H]4CC[C@@H](O)CC4)C3=O)c(Cl)c2)cc1)N1CCN(CCF)CC1. The number of rotatable bonds is 7. The van der Waals surface area contributed by atoms with E-state index in [4.69, 9.17) is 23.2 Å². The lowest BCUT2D eigenvalue weighted by molar-refractivity contribution is -0.133. The van der Waals surface area contributed by atoms with Crippen molar-refractivity contribution in [2.45, 2.75) is 50.7 Å². The van der Waals surface area contributed by atoms with E-state index in [1.54, 1.807) is 0 Å². The predicted molar refractivity (Wildman–Crippen MR) is 159 cm³/mol. The van der Waals surface area contributed by atoms with E-state index in [1.165, 1.54) is 0 Å². The van der Waals surface area contributed by atoms with Gasteiger partial charge < -0.3 is 14.9 Å². The van der Waals surface area contributed by atoms with E-state index in [2.05, 4.69) is 0 Å². The number of hydrogen-bond acceptors (Lipinski definition) is 4. The monoisotopic (exact) mass is 611 g/mol. The Hall–Kier alpha value is -1.90. The van der Waals surface area contributed by atoms with Crippen molar-refractivity contribution in [3.63, 3.8) is 0 Å². The standard InChI is InChI=1S/C30H36Cl2FN3O3.ClH/c31-27-18-23(20-1-3-21(4-2-20)29(38)35-15-13-34(12-10-33)14-16-35)19-28(32)26(27)17-22-9-11-36(30(22)39)24-5-7-25(37)8-6-24;/h1-4,18-19,22,24-25,37H,5-17H2;1H/t22-,24-,25+;/m0./s1. The van der Waals surface area contributed by atoms with Crippen LogP contribution in [-0.2, 0) is 11.2 Å². The van der Waals surface area contributed by atoms with E-state index in [-0.39, 0.29) is 49.0 Å². The summed E-state index contributed by atoms with van der Waals surface area (Å²) in [6, 6.07) is 11.4. The fourth-order valence-corrected chi connectivity index (χ4v) is 6.82. The van der Waals surface area contributed by atoms with Crippen molar-refractivity contribution in [2.75, 3.05) is 45.9 Å². The molecule has 0 aromatic heterocycles. The maximum atomic E-state index is 13.2. The molecule has 3 fully saturated rings. The van der Waals surface area contributed by atoms with Crippen LogP contribution in [0, 0.1) is 5.92 Å². The summed E-state index contributed by atoms with van der Waals surface area (Å²) >= 11 is 13.4. The van der Waals surface area contributed by atoms with E-state index in [1.807, 2.05) is 51.1 Å². The topological polar surface area (TPSA) is 64.1 Å². The number of likely N-dealkylation sites (tertiary alicyclic amines) is 1. The van der Waals surface area contributed by atoms with Crippen LogP contribution >= 0.6 is 35.6 Å². The highest BCUT2D eigenvalue weighted by atomic mass is 35.5. The molecule has 2 heterocycles. The van der Waals surface area contributed by atoms with Gasteiger partial charge in [0.1, 0.15) is 6.67 Å². The van der Waals surface area contributed by atoms with Gasteiger partial charge >= 0.3 is 0 Å². The van der Waals surface area contributed by atoms with Crippen LogP contribution in [0.2, 0.25) is 10.0 Å². The second-order valence-corrected chi connectivity index (χ2v) is 11.8. The zero-order valence-corrected chi connectivity index (χ0v) is 24.9. The Morgan fingerprint density at radius 1 is 0.900 bits per heavy atom. The number of carbonyl (C=O) groups is 2. The summed E-state index contributed by atoms with van der Waals surface area (Å²) in [5, 5.41) is 10.9. The van der Waals surface area contributed by atoms with Gasteiger partial charge in [-0.25, -0.2) is 4.39 Å². The molecular weight excluding hydrogens is 576 g/mol. The minimum absolute atomic E-state index is 0. The second kappa shape index (κ2) is 13.8. The predicted octanol–water partition coefficient (Wildman–Crippen LogP) is 5.50. The average Bonchev–Trinajstić information content (AvgIpc) is 3.31. The van der Waals surface area contributed by atoms with Crippen molar-refractivity contribution >= 4 is 47.4 Å². The molecule has 0 unspecified atom stereocenters. The van der Waals surface area contributed by atoms with Gasteiger partial charge in [0.15, 0.2) is 0 Å². The van der Waals surface area contributed by atoms with E-state index in [0.717, 1.165) is 55.3 Å². The molecule has 1 saturated carbocycles. The molecule has 1 atom stereocenters. The molecule has 2 amide bonds. The lowest BCUT2D eigenvalue weighted by Gasteiger charge is -2.34. The van der Waals surface area contributed by atoms with E-state index < -0.39 is 0 Å². The molecule has 40 heavy (non-hydrogen) atoms. The summed E-state index contributed by atoms with van der Waals surface area (Å²) in [5.41, 5.74) is 3.16. The number of carbonyl (C=O) groups excluding carboxylic acids is 2. The van der Waals surface area contributed by atoms with Crippen molar-refractivity contribution in [1.29, 1.82) is 0 Å². The maximum absolute atomic E-state index is 13.2. The van der Waals surface area contributed by atoms with Crippen LogP contribution in [0.5, 0.6) is 0 Å². The fourth-order valence-electron chi connectivity index (χ4n) is 6.18. The zero-order valence-electron chi connectivity index (χ0n) is 22.5. The summed E-state index contributed by atoms with van der Waals surface area (Å²) in [7, 11) is 0. The van der Waals surface area contributed by atoms with Crippen LogP contribution in [0.15, 0.2) is 36.4 Å². The third-order valence-corrected chi connectivity index (χ3v) is 9.25. The highest BCUT2D eigenvalue weighted by molar-refractivity contribution is 6.36. The molecule has 218 valence electrons. The van der Waals surface area contributed by atoms with Crippen LogP contribution < -0.4 is 0 Å². The average molecular weight is 613 g/mol. The van der Waals surface area contributed by atoms with Gasteiger partial charge in [-0.2, -0.15) is 0 Å². The molecule has 10 heteroatoms. The zero-order chi connectivity index (χ0) is 27.5. The molecule has 2 aromatic carbocycles. The van der Waals surface area contributed by atoms with Crippen LogP contribution in [0.25, 0.3) is 11.1 Å². The lowest BCUT2D eigenvalue weighted by Crippen LogP contribution is -2.49. The highest BCUT2D eigenvalue weighted by Crippen LogP contribution is 2.36. The number of nitrogens with zero attached hydrogens (tertiary/aromatic N) is 3. The summed E-state index contributed by atoms with van der Waals surface area (Å²) in [6.07, 6.45) is 4.28. The Kier molecular flexibility index (Phi) is 10.7. The molecule has 1 aliphatic carbocycles. The first-order valence-electron chi connectivity index (χ1n) is 14.0. The van der Waals surface area contributed by atoms with Gasteiger partial charge in [-0.15, -0.1) is 12.4 Å². The van der Waals surface area contributed by atoms with Crippen LogP contribution in [-0.4, -0.2) is 89.7 Å². The molecule has 3 aliphatic rings. The largest absolute Gasteiger partial charge is 0.393 e. The number of halogens is 4. The summed E-state index contributed by atoms with van der Waals surface area (Å²) in [6.45, 7) is 3.36. The first kappa shape index (κ1) is 31.0. The third kappa shape index (κ3) is 6.93. The number of hydrogen-bond donors (Lipinski definition) is 1. The van der Waals surface area contributed by atoms with Crippen molar-refractivity contribution in [2.24, 2.45) is 5.92 Å². The maximum Gasteiger partial charge on any atom is 0.253 e. The van der Waals surface area contributed by atoms with Crippen molar-refractivity contribution in [1.82, 2.24) is 14.7 Å². The Labute approximate surface area is 251 Å². The Bertz CT molecular complexity index is 1160. The number of benzene rings is 2. The molecule has 0 spiro atoms.